The molecule has 4 aromatic carbocycles. The minimum Gasteiger partial charge on any atom is -0.497 e. The number of likely N-dealkylation sites (tertiary alicyclic amines) is 2. The van der Waals surface area contributed by atoms with E-state index in [0.29, 0.717) is 69.8 Å². The largest absolute Gasteiger partial charge is 0.497 e. The molecule has 3 heterocycles. The maximum Gasteiger partial charge on any atom is 0.329 e. The topological polar surface area (TPSA) is 39.3 Å². The number of piperazine rings is 1. The molecule has 3 aliphatic rings. The maximum absolute atomic E-state index is 14.6. The third-order valence-corrected chi connectivity index (χ3v) is 10.6. The highest BCUT2D eigenvalue weighted by atomic mass is 35.5. The number of halogens is 4. The molecule has 2 bridgehead atoms. The number of ether oxygens (including phenoxy) is 1. The number of fused-ring (bicyclic) bond motifs is 3. The van der Waals surface area contributed by atoms with Crippen LogP contribution in [0.25, 0.3) is 11.1 Å². The van der Waals surface area contributed by atoms with Gasteiger partial charge < -0.3 is 9.64 Å². The second-order valence-electron chi connectivity index (χ2n) is 12.9. The fourth-order valence-electron chi connectivity index (χ4n) is 7.46. The first-order valence-corrected chi connectivity index (χ1v) is 17.0. The van der Waals surface area contributed by atoms with E-state index in [1.807, 2.05) is 24.3 Å². The van der Waals surface area contributed by atoms with Gasteiger partial charge in [-0.25, -0.2) is 9.18 Å². The molecule has 0 aromatic heterocycles. The summed E-state index contributed by atoms with van der Waals surface area (Å²) in [5, 5.41) is 1.03. The van der Waals surface area contributed by atoms with Crippen molar-refractivity contribution >= 4 is 52.2 Å². The van der Waals surface area contributed by atoms with Crippen molar-refractivity contribution in [3.8, 4) is 16.9 Å². The van der Waals surface area contributed by atoms with Crippen molar-refractivity contribution in [2.75, 3.05) is 25.1 Å². The fourth-order valence-corrected chi connectivity index (χ4v) is 8.29. The standard InChI is InChI=1S/C37H36Cl3FN4O2/c1-22(2)44-20-26-16-27(44)19-42(26)18-24-13-30(29-12-9-25(41)15-34(29)40)31-21-43(17-23-7-10-28(47-3)11-8-23)37(46)45(35(31)14-24)36-32(38)5-4-6-33(36)39/h4-15,22,26-27H,16-21H2,1-3H3. The molecular formula is C37H36Cl3FN4O2. The first kappa shape index (κ1) is 32.2. The lowest BCUT2D eigenvalue weighted by Gasteiger charge is -2.40. The summed E-state index contributed by atoms with van der Waals surface area (Å²) in [6, 6.07) is 22.9. The molecule has 0 spiro atoms. The third kappa shape index (κ3) is 6.09. The minimum absolute atomic E-state index is 0.246. The third-order valence-electron chi connectivity index (χ3n) is 9.70. The number of amides is 2. The van der Waals surface area contributed by atoms with Gasteiger partial charge in [0, 0.05) is 55.4 Å². The van der Waals surface area contributed by atoms with E-state index < -0.39 is 5.82 Å². The lowest BCUT2D eigenvalue weighted by atomic mass is 9.92. The summed E-state index contributed by atoms with van der Waals surface area (Å²) in [5.74, 6) is 0.324. The summed E-state index contributed by atoms with van der Waals surface area (Å²) < 4.78 is 19.7. The minimum atomic E-state index is -0.410. The van der Waals surface area contributed by atoms with E-state index >= 15 is 0 Å². The highest BCUT2D eigenvalue weighted by Crippen LogP contribution is 2.47. The number of carbonyl (C=O) groups is 1. The quantitative estimate of drug-likeness (QED) is 0.184. The number of benzene rings is 4. The number of para-hydroxylation sites is 1. The number of rotatable bonds is 8. The Kier molecular flexibility index (Phi) is 8.87. The van der Waals surface area contributed by atoms with Crippen molar-refractivity contribution in [2.24, 2.45) is 0 Å². The summed E-state index contributed by atoms with van der Waals surface area (Å²) in [5.41, 5.74) is 5.50. The Labute approximate surface area is 290 Å². The number of hydrogen-bond donors (Lipinski definition) is 0. The molecule has 2 fully saturated rings. The van der Waals surface area contributed by atoms with Crippen LogP contribution in [-0.4, -0.2) is 59.1 Å². The molecule has 2 atom stereocenters. The Morgan fingerprint density at radius 3 is 2.23 bits per heavy atom. The van der Waals surface area contributed by atoms with E-state index in [1.165, 1.54) is 12.1 Å². The van der Waals surface area contributed by atoms with E-state index in [4.69, 9.17) is 39.5 Å². The smallest absolute Gasteiger partial charge is 0.329 e. The summed E-state index contributed by atoms with van der Waals surface area (Å²) in [6.07, 6.45) is 1.15. The van der Waals surface area contributed by atoms with Crippen molar-refractivity contribution in [1.82, 2.24) is 14.7 Å². The molecule has 244 valence electrons. The number of nitrogens with zero attached hydrogens (tertiary/aromatic N) is 4. The number of urea groups is 1. The zero-order chi connectivity index (χ0) is 33.0. The van der Waals surface area contributed by atoms with Crippen LogP contribution in [0.2, 0.25) is 15.1 Å². The van der Waals surface area contributed by atoms with E-state index in [2.05, 4.69) is 35.8 Å². The predicted octanol–water partition coefficient (Wildman–Crippen LogP) is 9.40. The highest BCUT2D eigenvalue weighted by Gasteiger charge is 2.44. The Morgan fingerprint density at radius 2 is 1.60 bits per heavy atom. The van der Waals surface area contributed by atoms with Crippen LogP contribution in [0.1, 0.15) is 37.0 Å². The summed E-state index contributed by atoms with van der Waals surface area (Å²) in [4.78, 5) is 23.1. The van der Waals surface area contributed by atoms with Gasteiger partial charge in [-0.15, -0.1) is 0 Å². The molecule has 47 heavy (non-hydrogen) atoms. The van der Waals surface area contributed by atoms with E-state index in [1.54, 1.807) is 41.2 Å². The molecule has 2 unspecified atom stereocenters. The molecule has 6 nitrogen and oxygen atoms in total. The zero-order valence-electron chi connectivity index (χ0n) is 26.5. The molecule has 0 aliphatic carbocycles. The summed E-state index contributed by atoms with van der Waals surface area (Å²) >= 11 is 20.4. The van der Waals surface area contributed by atoms with Crippen LogP contribution in [0.3, 0.4) is 0 Å². The Bertz CT molecular complexity index is 1820. The Hall–Kier alpha value is -3.33. The molecule has 0 N–H and O–H groups in total. The normalized spacial score (nSPS) is 19.6. The van der Waals surface area contributed by atoms with Crippen molar-refractivity contribution in [3.05, 3.63) is 110 Å². The van der Waals surface area contributed by atoms with Crippen molar-refractivity contribution in [2.45, 2.75) is 58.0 Å². The van der Waals surface area contributed by atoms with E-state index in [-0.39, 0.29) is 6.03 Å². The van der Waals surface area contributed by atoms with Gasteiger partial charge in [0.05, 0.1) is 40.1 Å². The Balaban J connectivity index is 1.36. The lowest BCUT2D eigenvalue weighted by Crippen LogP contribution is -2.48. The van der Waals surface area contributed by atoms with Gasteiger partial charge in [-0.05, 0) is 91.6 Å². The van der Waals surface area contributed by atoms with Gasteiger partial charge in [-0.2, -0.15) is 0 Å². The molecule has 3 aliphatic heterocycles. The van der Waals surface area contributed by atoms with Gasteiger partial charge in [0.15, 0.2) is 0 Å². The van der Waals surface area contributed by atoms with Crippen LogP contribution in [0, 0.1) is 5.82 Å². The van der Waals surface area contributed by atoms with Crippen LogP contribution in [0.4, 0.5) is 20.6 Å². The monoisotopic (exact) mass is 692 g/mol. The van der Waals surface area contributed by atoms with Gasteiger partial charge in [0.25, 0.3) is 0 Å². The molecule has 7 rings (SSSR count). The van der Waals surface area contributed by atoms with Crippen LogP contribution in [-0.2, 0) is 19.6 Å². The van der Waals surface area contributed by atoms with Gasteiger partial charge in [0.1, 0.15) is 11.6 Å². The number of anilines is 2. The molecule has 2 saturated heterocycles. The van der Waals surface area contributed by atoms with Crippen molar-refractivity contribution < 1.29 is 13.9 Å². The highest BCUT2D eigenvalue weighted by molar-refractivity contribution is 6.40. The second kappa shape index (κ2) is 12.9. The average molecular weight is 694 g/mol. The molecule has 2 amide bonds. The van der Waals surface area contributed by atoms with Crippen molar-refractivity contribution in [1.29, 1.82) is 0 Å². The van der Waals surface area contributed by atoms with E-state index in [0.717, 1.165) is 47.5 Å². The van der Waals surface area contributed by atoms with Gasteiger partial charge in [0.2, 0.25) is 0 Å². The lowest BCUT2D eigenvalue weighted by molar-refractivity contribution is 0.0999. The second-order valence-corrected chi connectivity index (χ2v) is 14.1. The van der Waals surface area contributed by atoms with E-state index in [9.17, 15) is 9.18 Å². The van der Waals surface area contributed by atoms with Gasteiger partial charge >= 0.3 is 6.03 Å². The van der Waals surface area contributed by atoms with Crippen LogP contribution in [0.15, 0.2) is 72.8 Å². The number of hydrogen-bond acceptors (Lipinski definition) is 4. The van der Waals surface area contributed by atoms with Gasteiger partial charge in [-0.3, -0.25) is 14.7 Å². The van der Waals surface area contributed by atoms with Crippen LogP contribution >= 0.6 is 34.8 Å². The van der Waals surface area contributed by atoms with Crippen LogP contribution in [0.5, 0.6) is 5.75 Å². The fraction of sp³-hybridized carbons (Fsp3) is 0.324. The summed E-state index contributed by atoms with van der Waals surface area (Å²) in [7, 11) is 1.62. The van der Waals surface area contributed by atoms with Gasteiger partial charge in [-0.1, -0.05) is 53.0 Å². The first-order chi connectivity index (χ1) is 22.6. The molecule has 10 heteroatoms. The van der Waals surface area contributed by atoms with Crippen molar-refractivity contribution in [3.63, 3.8) is 0 Å². The first-order valence-electron chi connectivity index (χ1n) is 15.9. The number of methoxy groups -OCH3 is 1. The molecule has 0 radical (unpaired) electrons. The Morgan fingerprint density at radius 1 is 0.851 bits per heavy atom. The average Bonchev–Trinajstić information content (AvgIpc) is 3.64. The zero-order valence-corrected chi connectivity index (χ0v) is 28.8. The maximum atomic E-state index is 14.6. The molecule has 4 aromatic rings. The molecule has 0 saturated carbocycles. The SMILES string of the molecule is COc1ccc(CN2Cc3c(-c4ccc(F)cc4Cl)cc(CN4CC5CC4CN5C(C)C)cc3N(c3c(Cl)cccc3Cl)C2=O)cc1. The van der Waals surface area contributed by atoms with Crippen LogP contribution < -0.4 is 9.64 Å². The summed E-state index contributed by atoms with van der Waals surface area (Å²) in [6.45, 7) is 7.90. The predicted molar refractivity (Wildman–Crippen MR) is 188 cm³/mol. The number of carbonyl (C=O) groups excluding carboxylic acids is 1. The molecular weight excluding hydrogens is 658 g/mol.